The summed E-state index contributed by atoms with van der Waals surface area (Å²) < 4.78 is 0. The molecule has 9 N–H and O–H groups in total. The van der Waals surface area contributed by atoms with E-state index in [4.69, 9.17) is 10.8 Å². The van der Waals surface area contributed by atoms with Gasteiger partial charge in [-0.2, -0.15) is 0 Å². The Bertz CT molecular complexity index is 1240. The summed E-state index contributed by atoms with van der Waals surface area (Å²) in [7, 11) is 0. The standard InChI is InChI=1S/C31H47N5O8S2/c1-4-8-22(31(43)44)33-17-25(37)23(15-19-9-6-13-45-19)34-29(41)24(16-20-10-7-14-46-20)35-30(42)27(18(3)5-2)36-28(40)21(32)11-12-26(38)39/h6-7,9-10,13-14,18,21-25,27,33,37H,4-5,8,11-12,15-17,32H2,1-3H3,(H,34,41)(H,35,42)(H,36,40)(H,38,39)(H,43,44)/t18-,21-,22-,23-,24-,25+,27-/m0/s1. The van der Waals surface area contributed by atoms with Crippen LogP contribution in [0, 0.1) is 5.92 Å². The lowest BCUT2D eigenvalue weighted by Crippen LogP contribution is -2.60. The fourth-order valence-corrected chi connectivity index (χ4v) is 6.21. The number of hydrogen-bond donors (Lipinski definition) is 8. The molecule has 0 saturated heterocycles. The molecule has 15 heteroatoms. The lowest BCUT2D eigenvalue weighted by molar-refractivity contribution is -0.140. The minimum Gasteiger partial charge on any atom is -0.481 e. The fourth-order valence-electron chi connectivity index (χ4n) is 4.69. The number of carbonyl (C=O) groups excluding carboxylic acids is 3. The van der Waals surface area contributed by atoms with Gasteiger partial charge in [0.05, 0.1) is 18.2 Å². The first-order chi connectivity index (χ1) is 21.9. The van der Waals surface area contributed by atoms with Crippen LogP contribution in [0.3, 0.4) is 0 Å². The summed E-state index contributed by atoms with van der Waals surface area (Å²) in [6, 6.07) is 2.45. The molecule has 2 aromatic heterocycles. The summed E-state index contributed by atoms with van der Waals surface area (Å²) >= 11 is 2.86. The van der Waals surface area contributed by atoms with Crippen LogP contribution in [0.2, 0.25) is 0 Å². The van der Waals surface area contributed by atoms with Crippen molar-refractivity contribution in [1.29, 1.82) is 0 Å². The molecule has 0 bridgehead atoms. The molecule has 0 radical (unpaired) electrons. The number of carboxylic acids is 2. The first kappa shape index (κ1) is 38.8. The van der Waals surface area contributed by atoms with E-state index >= 15 is 0 Å². The minimum absolute atomic E-state index is 0.0838. The summed E-state index contributed by atoms with van der Waals surface area (Å²) in [5.74, 6) is -4.30. The first-order valence-corrected chi connectivity index (χ1v) is 17.2. The molecule has 256 valence electrons. The average Bonchev–Trinajstić information content (AvgIpc) is 3.73. The predicted octanol–water partition coefficient (Wildman–Crippen LogP) is 1.49. The Morgan fingerprint density at radius 1 is 0.848 bits per heavy atom. The number of aliphatic carboxylic acids is 2. The summed E-state index contributed by atoms with van der Waals surface area (Å²) in [4.78, 5) is 64.5. The maximum Gasteiger partial charge on any atom is 0.320 e. The summed E-state index contributed by atoms with van der Waals surface area (Å²) in [6.07, 6.45) is 0.381. The molecule has 2 rings (SSSR count). The Labute approximate surface area is 277 Å². The van der Waals surface area contributed by atoms with Gasteiger partial charge in [-0.1, -0.05) is 45.7 Å². The molecule has 13 nitrogen and oxygen atoms in total. The zero-order valence-corrected chi connectivity index (χ0v) is 28.1. The van der Waals surface area contributed by atoms with Gasteiger partial charge in [-0.05, 0) is 41.7 Å². The third kappa shape index (κ3) is 13.2. The Hall–Kier alpha value is -3.37. The van der Waals surface area contributed by atoms with Crippen molar-refractivity contribution >= 4 is 52.3 Å². The molecule has 0 saturated carbocycles. The lowest BCUT2D eigenvalue weighted by atomic mass is 9.96. The molecule has 3 amide bonds. The number of thiophene rings is 2. The van der Waals surface area contributed by atoms with Crippen LogP contribution in [0.25, 0.3) is 0 Å². The predicted molar refractivity (Wildman–Crippen MR) is 176 cm³/mol. The van der Waals surface area contributed by atoms with Gasteiger partial charge in [0.15, 0.2) is 0 Å². The van der Waals surface area contributed by atoms with Gasteiger partial charge in [0, 0.05) is 35.6 Å². The number of hydrogen-bond acceptors (Lipinski definition) is 10. The van der Waals surface area contributed by atoms with Gasteiger partial charge in [0.1, 0.15) is 18.1 Å². The van der Waals surface area contributed by atoms with Crippen LogP contribution in [0.1, 0.15) is 62.6 Å². The van der Waals surface area contributed by atoms with Crippen LogP contribution in [-0.4, -0.2) is 87.8 Å². The topological polar surface area (TPSA) is 220 Å². The van der Waals surface area contributed by atoms with E-state index in [1.807, 2.05) is 48.9 Å². The molecule has 0 aliphatic rings. The van der Waals surface area contributed by atoms with Crippen molar-refractivity contribution in [2.75, 3.05) is 6.54 Å². The van der Waals surface area contributed by atoms with Crippen molar-refractivity contribution in [2.24, 2.45) is 11.7 Å². The number of aliphatic hydroxyl groups is 1. The van der Waals surface area contributed by atoms with Gasteiger partial charge >= 0.3 is 11.9 Å². The normalized spacial score (nSPS) is 15.8. The van der Waals surface area contributed by atoms with E-state index in [0.29, 0.717) is 19.3 Å². The number of amides is 3. The molecule has 0 fully saturated rings. The van der Waals surface area contributed by atoms with Crippen molar-refractivity contribution in [3.05, 3.63) is 44.8 Å². The number of carboxylic acid groups (broad SMARTS) is 2. The molecular formula is C31H47N5O8S2. The van der Waals surface area contributed by atoms with Gasteiger partial charge in [-0.25, -0.2) is 0 Å². The molecular weight excluding hydrogens is 635 g/mol. The summed E-state index contributed by atoms with van der Waals surface area (Å²) in [6.45, 7) is 5.39. The van der Waals surface area contributed by atoms with Crippen molar-refractivity contribution in [3.63, 3.8) is 0 Å². The van der Waals surface area contributed by atoms with E-state index in [2.05, 4.69) is 21.3 Å². The number of carbonyl (C=O) groups is 5. The second-order valence-corrected chi connectivity index (χ2v) is 13.4. The second kappa shape index (κ2) is 20.0. The molecule has 7 atom stereocenters. The quantitative estimate of drug-likeness (QED) is 0.0895. The fraction of sp³-hybridized carbons (Fsp3) is 0.581. The third-order valence-corrected chi connectivity index (χ3v) is 9.46. The molecule has 0 unspecified atom stereocenters. The van der Waals surface area contributed by atoms with Crippen LogP contribution in [-0.2, 0) is 36.8 Å². The molecule has 2 heterocycles. The molecule has 46 heavy (non-hydrogen) atoms. The van der Waals surface area contributed by atoms with Crippen LogP contribution < -0.4 is 27.0 Å². The molecule has 0 spiro atoms. The zero-order valence-electron chi connectivity index (χ0n) is 26.4. The number of rotatable bonds is 22. The van der Waals surface area contributed by atoms with Gasteiger partial charge in [0.25, 0.3) is 0 Å². The second-order valence-electron chi connectivity index (χ2n) is 11.3. The van der Waals surface area contributed by atoms with Crippen LogP contribution in [0.4, 0.5) is 0 Å². The Balaban J connectivity index is 2.27. The number of nitrogens with two attached hydrogens (primary N) is 1. The van der Waals surface area contributed by atoms with E-state index < -0.39 is 66.0 Å². The summed E-state index contributed by atoms with van der Waals surface area (Å²) in [5, 5.41) is 44.5. The molecule has 0 aromatic carbocycles. The van der Waals surface area contributed by atoms with E-state index in [-0.39, 0.29) is 38.1 Å². The third-order valence-electron chi connectivity index (χ3n) is 7.66. The maximum atomic E-state index is 13.8. The van der Waals surface area contributed by atoms with Gasteiger partial charge in [-0.3, -0.25) is 24.0 Å². The van der Waals surface area contributed by atoms with E-state index in [1.165, 1.54) is 22.7 Å². The Morgan fingerprint density at radius 2 is 1.48 bits per heavy atom. The highest BCUT2D eigenvalue weighted by Gasteiger charge is 2.33. The number of nitrogens with one attached hydrogen (secondary N) is 4. The Kier molecular flexibility index (Phi) is 16.9. The highest BCUT2D eigenvalue weighted by Crippen LogP contribution is 2.16. The van der Waals surface area contributed by atoms with Gasteiger partial charge in [-0.15, -0.1) is 22.7 Å². The van der Waals surface area contributed by atoms with E-state index in [0.717, 1.165) is 9.75 Å². The van der Waals surface area contributed by atoms with Gasteiger partial charge in [0.2, 0.25) is 17.7 Å². The lowest BCUT2D eigenvalue weighted by Gasteiger charge is -2.30. The maximum absolute atomic E-state index is 13.8. The van der Waals surface area contributed by atoms with Gasteiger partial charge < -0.3 is 42.3 Å². The molecule has 2 aromatic rings. The molecule has 0 aliphatic heterocycles. The van der Waals surface area contributed by atoms with E-state index in [9.17, 15) is 34.2 Å². The summed E-state index contributed by atoms with van der Waals surface area (Å²) in [5.41, 5.74) is 5.88. The smallest absolute Gasteiger partial charge is 0.320 e. The zero-order chi connectivity index (χ0) is 34.2. The SMILES string of the molecule is CCC[C@H](NC[C@@H](O)[C@H](Cc1cccs1)NC(=O)[C@H](Cc1cccs1)NC(=O)[C@@H](NC(=O)[C@@H](N)CCC(=O)O)[C@@H](C)CC)C(=O)O. The largest absolute Gasteiger partial charge is 0.481 e. The van der Waals surface area contributed by atoms with Crippen LogP contribution >= 0.6 is 22.7 Å². The minimum atomic E-state index is -1.15. The molecule has 0 aliphatic carbocycles. The highest BCUT2D eigenvalue weighted by atomic mass is 32.1. The van der Waals surface area contributed by atoms with Crippen molar-refractivity contribution in [1.82, 2.24) is 21.3 Å². The monoisotopic (exact) mass is 681 g/mol. The van der Waals surface area contributed by atoms with Crippen molar-refractivity contribution in [3.8, 4) is 0 Å². The highest BCUT2D eigenvalue weighted by molar-refractivity contribution is 7.10. The average molecular weight is 682 g/mol. The Morgan fingerprint density at radius 3 is 2.00 bits per heavy atom. The first-order valence-electron chi connectivity index (χ1n) is 15.4. The van der Waals surface area contributed by atoms with Crippen molar-refractivity contribution < 1.29 is 39.3 Å². The van der Waals surface area contributed by atoms with Crippen LogP contribution in [0.5, 0.6) is 0 Å². The van der Waals surface area contributed by atoms with Crippen LogP contribution in [0.15, 0.2) is 35.0 Å². The number of aliphatic hydroxyl groups excluding tert-OH is 1. The van der Waals surface area contributed by atoms with E-state index in [1.54, 1.807) is 6.92 Å². The van der Waals surface area contributed by atoms with Crippen molar-refractivity contribution in [2.45, 2.75) is 102 Å².